The Hall–Kier alpha value is -0.570. The van der Waals surface area contributed by atoms with Crippen LogP contribution in [0, 0.1) is 22.2 Å². The van der Waals surface area contributed by atoms with Gasteiger partial charge in [-0.1, -0.05) is 48.5 Å². The number of amides is 1. The molecule has 1 fully saturated rings. The standard InChI is InChI=1S/C17H34N2O/c1-15(2,3)13-10-12(19-14(20)11-18)8-9-17(13,7)16(4,5)6/h12-13H,8-11,18H2,1-7H3,(H,19,20)/t12-,13-,17-/m0/s1. The molecule has 1 aliphatic carbocycles. The third kappa shape index (κ3) is 3.55. The molecule has 0 unspecified atom stereocenters. The Morgan fingerprint density at radius 2 is 1.80 bits per heavy atom. The summed E-state index contributed by atoms with van der Waals surface area (Å²) in [4.78, 5) is 11.6. The second-order valence-corrected chi connectivity index (χ2v) is 8.83. The Morgan fingerprint density at radius 3 is 2.20 bits per heavy atom. The minimum absolute atomic E-state index is 0.0259. The van der Waals surface area contributed by atoms with Crippen molar-refractivity contribution in [3.05, 3.63) is 0 Å². The van der Waals surface area contributed by atoms with Gasteiger partial charge in [0, 0.05) is 6.04 Å². The minimum Gasteiger partial charge on any atom is -0.352 e. The average molecular weight is 282 g/mol. The predicted molar refractivity (Wildman–Crippen MR) is 85.3 cm³/mol. The molecule has 20 heavy (non-hydrogen) atoms. The fourth-order valence-corrected chi connectivity index (χ4v) is 3.94. The van der Waals surface area contributed by atoms with Crippen LogP contribution < -0.4 is 11.1 Å². The first-order chi connectivity index (χ1) is 8.91. The Bertz CT molecular complexity index is 351. The number of nitrogens with one attached hydrogen (secondary N) is 1. The summed E-state index contributed by atoms with van der Waals surface area (Å²) in [6, 6.07) is 0.283. The maximum Gasteiger partial charge on any atom is 0.233 e. The van der Waals surface area contributed by atoms with Crippen LogP contribution >= 0.6 is 0 Å². The molecular formula is C17H34N2O. The summed E-state index contributed by atoms with van der Waals surface area (Å²) < 4.78 is 0. The summed E-state index contributed by atoms with van der Waals surface area (Å²) in [5, 5.41) is 3.10. The highest BCUT2D eigenvalue weighted by Gasteiger charge is 2.51. The Morgan fingerprint density at radius 1 is 1.25 bits per heavy atom. The first kappa shape index (κ1) is 17.5. The summed E-state index contributed by atoms with van der Waals surface area (Å²) in [6.45, 7) is 16.6. The number of hydrogen-bond acceptors (Lipinski definition) is 2. The molecule has 0 saturated heterocycles. The number of carbonyl (C=O) groups excluding carboxylic acids is 1. The lowest BCUT2D eigenvalue weighted by Crippen LogP contribution is -2.53. The highest BCUT2D eigenvalue weighted by atomic mass is 16.1. The zero-order valence-electron chi connectivity index (χ0n) is 14.5. The normalized spacial score (nSPS) is 32.0. The fraction of sp³-hybridized carbons (Fsp3) is 0.941. The molecule has 0 spiro atoms. The molecule has 0 heterocycles. The number of hydrogen-bond donors (Lipinski definition) is 2. The summed E-state index contributed by atoms with van der Waals surface area (Å²) in [5.74, 6) is 0.564. The third-order valence-electron chi connectivity index (χ3n) is 5.61. The van der Waals surface area contributed by atoms with Crippen molar-refractivity contribution in [2.24, 2.45) is 27.9 Å². The monoisotopic (exact) mass is 282 g/mol. The summed E-state index contributed by atoms with van der Waals surface area (Å²) in [5.41, 5.74) is 6.24. The zero-order chi connectivity index (χ0) is 15.8. The molecule has 3 heteroatoms. The molecule has 1 aliphatic rings. The molecule has 3 N–H and O–H groups in total. The Balaban J connectivity index is 2.97. The van der Waals surface area contributed by atoms with Crippen molar-refractivity contribution in [3.8, 4) is 0 Å². The Labute approximate surface area is 125 Å². The lowest BCUT2D eigenvalue weighted by atomic mass is 9.49. The topological polar surface area (TPSA) is 55.1 Å². The van der Waals surface area contributed by atoms with E-state index in [-0.39, 0.29) is 29.3 Å². The Kier molecular flexibility index (Phi) is 4.95. The van der Waals surface area contributed by atoms with Crippen LogP contribution in [0.4, 0.5) is 0 Å². The van der Waals surface area contributed by atoms with Gasteiger partial charge in [0.05, 0.1) is 6.54 Å². The van der Waals surface area contributed by atoms with Gasteiger partial charge in [0.1, 0.15) is 0 Å². The van der Waals surface area contributed by atoms with Crippen LogP contribution in [-0.4, -0.2) is 18.5 Å². The predicted octanol–water partition coefficient (Wildman–Crippen LogP) is 3.33. The van der Waals surface area contributed by atoms with E-state index in [2.05, 4.69) is 53.8 Å². The second kappa shape index (κ2) is 5.67. The maximum atomic E-state index is 11.6. The molecule has 0 aromatic heterocycles. The quantitative estimate of drug-likeness (QED) is 0.816. The van der Waals surface area contributed by atoms with Gasteiger partial charge >= 0.3 is 0 Å². The fourth-order valence-electron chi connectivity index (χ4n) is 3.94. The molecule has 0 radical (unpaired) electrons. The van der Waals surface area contributed by atoms with Crippen LogP contribution in [0.1, 0.15) is 67.7 Å². The van der Waals surface area contributed by atoms with Crippen molar-refractivity contribution in [2.45, 2.75) is 73.8 Å². The molecule has 0 aliphatic heterocycles. The van der Waals surface area contributed by atoms with Gasteiger partial charge in [0.15, 0.2) is 0 Å². The van der Waals surface area contributed by atoms with E-state index >= 15 is 0 Å². The molecule has 0 bridgehead atoms. The van der Waals surface area contributed by atoms with Crippen molar-refractivity contribution in [1.82, 2.24) is 5.32 Å². The summed E-state index contributed by atoms with van der Waals surface area (Å²) >= 11 is 0. The van der Waals surface area contributed by atoms with Crippen molar-refractivity contribution >= 4 is 5.91 Å². The van der Waals surface area contributed by atoms with Crippen molar-refractivity contribution in [1.29, 1.82) is 0 Å². The van der Waals surface area contributed by atoms with E-state index in [9.17, 15) is 4.79 Å². The van der Waals surface area contributed by atoms with E-state index in [1.54, 1.807) is 0 Å². The van der Waals surface area contributed by atoms with Gasteiger partial charge in [0.25, 0.3) is 0 Å². The number of nitrogens with two attached hydrogens (primary N) is 1. The van der Waals surface area contributed by atoms with Crippen LogP contribution in [-0.2, 0) is 4.79 Å². The van der Waals surface area contributed by atoms with Gasteiger partial charge < -0.3 is 11.1 Å². The molecular weight excluding hydrogens is 248 g/mol. The van der Waals surface area contributed by atoms with Gasteiger partial charge in [-0.2, -0.15) is 0 Å². The molecule has 1 saturated carbocycles. The lowest BCUT2D eigenvalue weighted by molar-refractivity contribution is -0.122. The zero-order valence-corrected chi connectivity index (χ0v) is 14.5. The molecule has 0 aromatic carbocycles. The van der Waals surface area contributed by atoms with Gasteiger partial charge in [-0.05, 0) is 41.4 Å². The molecule has 3 atom stereocenters. The molecule has 3 nitrogen and oxygen atoms in total. The SMILES string of the molecule is CC(C)(C)[C@@H]1C[C@@H](NC(=O)CN)CC[C@]1(C)C(C)(C)C. The molecule has 118 valence electrons. The van der Waals surface area contributed by atoms with E-state index in [1.807, 2.05) is 0 Å². The maximum absolute atomic E-state index is 11.6. The third-order valence-corrected chi connectivity index (χ3v) is 5.61. The summed E-state index contributed by atoms with van der Waals surface area (Å²) in [6.07, 6.45) is 3.28. The van der Waals surface area contributed by atoms with Crippen LogP contribution in [0.2, 0.25) is 0 Å². The van der Waals surface area contributed by atoms with Crippen LogP contribution in [0.5, 0.6) is 0 Å². The van der Waals surface area contributed by atoms with Gasteiger partial charge in [-0.15, -0.1) is 0 Å². The largest absolute Gasteiger partial charge is 0.352 e. The van der Waals surface area contributed by atoms with Gasteiger partial charge in [0.2, 0.25) is 5.91 Å². The lowest BCUT2D eigenvalue weighted by Gasteiger charge is -2.57. The van der Waals surface area contributed by atoms with Crippen LogP contribution in [0.25, 0.3) is 0 Å². The highest BCUT2D eigenvalue weighted by molar-refractivity contribution is 5.78. The van der Waals surface area contributed by atoms with E-state index in [4.69, 9.17) is 5.73 Å². The van der Waals surface area contributed by atoms with E-state index in [1.165, 1.54) is 0 Å². The van der Waals surface area contributed by atoms with Crippen molar-refractivity contribution in [2.75, 3.05) is 6.54 Å². The number of carbonyl (C=O) groups is 1. The van der Waals surface area contributed by atoms with Crippen molar-refractivity contribution < 1.29 is 4.79 Å². The van der Waals surface area contributed by atoms with Gasteiger partial charge in [-0.3, -0.25) is 4.79 Å². The molecule has 0 aromatic rings. The van der Waals surface area contributed by atoms with Crippen LogP contribution in [0.3, 0.4) is 0 Å². The highest BCUT2D eigenvalue weighted by Crippen LogP contribution is 2.57. The van der Waals surface area contributed by atoms with E-state index in [0.29, 0.717) is 11.3 Å². The van der Waals surface area contributed by atoms with E-state index in [0.717, 1.165) is 19.3 Å². The number of rotatable bonds is 2. The first-order valence-electron chi connectivity index (χ1n) is 7.91. The molecule has 1 amide bonds. The van der Waals surface area contributed by atoms with Crippen molar-refractivity contribution in [3.63, 3.8) is 0 Å². The van der Waals surface area contributed by atoms with Crippen LogP contribution in [0.15, 0.2) is 0 Å². The molecule has 1 rings (SSSR count). The van der Waals surface area contributed by atoms with Gasteiger partial charge in [-0.25, -0.2) is 0 Å². The average Bonchev–Trinajstić information content (AvgIpc) is 2.28. The van der Waals surface area contributed by atoms with E-state index < -0.39 is 0 Å². The first-order valence-corrected chi connectivity index (χ1v) is 7.91. The summed E-state index contributed by atoms with van der Waals surface area (Å²) in [7, 11) is 0. The second-order valence-electron chi connectivity index (χ2n) is 8.83. The minimum atomic E-state index is -0.0259. The smallest absolute Gasteiger partial charge is 0.233 e.